The summed E-state index contributed by atoms with van der Waals surface area (Å²) in [5.74, 6) is 1.12. The maximum atomic E-state index is 13.7. The summed E-state index contributed by atoms with van der Waals surface area (Å²) in [6.45, 7) is 10.4. The van der Waals surface area contributed by atoms with Gasteiger partial charge in [0, 0.05) is 36.6 Å². The van der Waals surface area contributed by atoms with Gasteiger partial charge < -0.3 is 14.2 Å². The van der Waals surface area contributed by atoms with Gasteiger partial charge in [0.05, 0.1) is 24.2 Å². The molecular formula is C33H34F3N7O2. The Balaban J connectivity index is 1.24. The molecule has 1 saturated heterocycles. The van der Waals surface area contributed by atoms with Crippen molar-refractivity contribution in [2.45, 2.75) is 64.9 Å². The number of rotatable bonds is 6. The second kappa shape index (κ2) is 11.3. The Morgan fingerprint density at radius 2 is 1.71 bits per heavy atom. The lowest BCUT2D eigenvalue weighted by Gasteiger charge is -2.40. The highest BCUT2D eigenvalue weighted by atomic mass is 19.4. The maximum absolute atomic E-state index is 13.7. The normalized spacial score (nSPS) is 14.3. The number of imidazole rings is 1. The van der Waals surface area contributed by atoms with Gasteiger partial charge >= 0.3 is 12.3 Å². The number of amides is 1. The molecule has 6 rings (SSSR count). The van der Waals surface area contributed by atoms with Crippen LogP contribution in [-0.4, -0.2) is 59.0 Å². The molecule has 1 aliphatic rings. The van der Waals surface area contributed by atoms with Gasteiger partial charge in [-0.1, -0.05) is 62.4 Å². The molecule has 0 N–H and O–H groups in total. The molecule has 45 heavy (non-hydrogen) atoms. The number of hydrogen-bond donors (Lipinski definition) is 0. The quantitative estimate of drug-likeness (QED) is 0.198. The fourth-order valence-corrected chi connectivity index (χ4v) is 5.38. The lowest BCUT2D eigenvalue weighted by Crippen LogP contribution is -2.52. The van der Waals surface area contributed by atoms with Crippen LogP contribution in [0.5, 0.6) is 0 Å². The van der Waals surface area contributed by atoms with Gasteiger partial charge in [-0.15, -0.1) is 0 Å². The third-order valence-electron chi connectivity index (χ3n) is 7.67. The van der Waals surface area contributed by atoms with Crippen LogP contribution in [0.2, 0.25) is 0 Å². The minimum atomic E-state index is -4.61. The number of hydrogen-bond acceptors (Lipinski definition) is 6. The van der Waals surface area contributed by atoms with Gasteiger partial charge in [-0.2, -0.15) is 18.3 Å². The third kappa shape index (κ3) is 6.27. The van der Waals surface area contributed by atoms with E-state index in [4.69, 9.17) is 9.72 Å². The first kappa shape index (κ1) is 30.3. The van der Waals surface area contributed by atoms with Gasteiger partial charge in [-0.3, -0.25) is 0 Å². The summed E-state index contributed by atoms with van der Waals surface area (Å²) >= 11 is 0. The first-order valence-electron chi connectivity index (χ1n) is 14.8. The van der Waals surface area contributed by atoms with Crippen molar-refractivity contribution in [1.82, 2.24) is 34.2 Å². The molecule has 5 aromatic rings. The molecule has 0 saturated carbocycles. The Hall–Kier alpha value is -4.74. The topological polar surface area (TPSA) is 91.0 Å². The van der Waals surface area contributed by atoms with E-state index < -0.39 is 23.6 Å². The Bertz CT molecular complexity index is 1850. The number of alkyl halides is 3. The van der Waals surface area contributed by atoms with Crippen molar-refractivity contribution in [2.75, 3.05) is 13.1 Å². The molecule has 0 unspecified atom stereocenters. The van der Waals surface area contributed by atoms with Gasteiger partial charge in [-0.25, -0.2) is 24.4 Å². The zero-order valence-electron chi connectivity index (χ0n) is 25.7. The van der Waals surface area contributed by atoms with Crippen LogP contribution in [0.4, 0.5) is 18.0 Å². The monoisotopic (exact) mass is 617 g/mol. The maximum Gasteiger partial charge on any atom is 0.434 e. The van der Waals surface area contributed by atoms with Gasteiger partial charge in [-0.05, 0) is 37.8 Å². The van der Waals surface area contributed by atoms with Gasteiger partial charge in [0.25, 0.3) is 0 Å². The SMILES string of the molecule is CC(C)c1ccccc1-c1ncc2cnn(Cc3ccc(-c4nc(C(F)(F)F)cn4C4CN(C(=O)OC(C)(C)C)C4)cc3)c2n1. The lowest BCUT2D eigenvalue weighted by atomic mass is 9.97. The number of likely N-dealkylation sites (tertiary alicyclic amines) is 1. The van der Waals surface area contributed by atoms with E-state index in [2.05, 4.69) is 35.0 Å². The minimum Gasteiger partial charge on any atom is -0.444 e. The average Bonchev–Trinajstić information content (AvgIpc) is 3.56. The van der Waals surface area contributed by atoms with Crippen molar-refractivity contribution in [3.05, 3.63) is 83.9 Å². The third-order valence-corrected chi connectivity index (χ3v) is 7.67. The van der Waals surface area contributed by atoms with Crippen LogP contribution in [-0.2, 0) is 17.5 Å². The van der Waals surface area contributed by atoms with E-state index in [1.807, 2.05) is 30.3 Å². The number of fused-ring (bicyclic) bond motifs is 1. The zero-order valence-corrected chi connectivity index (χ0v) is 25.7. The van der Waals surface area contributed by atoms with Crippen molar-refractivity contribution in [3.8, 4) is 22.8 Å². The molecule has 0 bridgehead atoms. The minimum absolute atomic E-state index is 0.188. The zero-order chi connectivity index (χ0) is 32.1. The van der Waals surface area contributed by atoms with Crippen molar-refractivity contribution in [2.24, 2.45) is 0 Å². The van der Waals surface area contributed by atoms with Crippen LogP contribution in [0.1, 0.15) is 63.4 Å². The number of benzene rings is 2. The highest BCUT2D eigenvalue weighted by Gasteiger charge is 2.40. The van der Waals surface area contributed by atoms with Gasteiger partial charge in [0.15, 0.2) is 17.2 Å². The number of halogens is 3. The van der Waals surface area contributed by atoms with E-state index >= 15 is 0 Å². The molecule has 1 fully saturated rings. The van der Waals surface area contributed by atoms with E-state index in [1.165, 1.54) is 9.47 Å². The highest BCUT2D eigenvalue weighted by molar-refractivity contribution is 5.76. The molecule has 12 heteroatoms. The predicted molar refractivity (Wildman–Crippen MR) is 163 cm³/mol. The van der Waals surface area contributed by atoms with E-state index in [1.54, 1.807) is 50.0 Å². The van der Waals surface area contributed by atoms with Crippen LogP contribution in [0, 0.1) is 0 Å². The average molecular weight is 618 g/mol. The Morgan fingerprint density at radius 3 is 2.38 bits per heavy atom. The first-order valence-corrected chi connectivity index (χ1v) is 14.8. The van der Waals surface area contributed by atoms with Gasteiger partial charge in [0.2, 0.25) is 0 Å². The number of carbonyl (C=O) groups is 1. The summed E-state index contributed by atoms with van der Waals surface area (Å²) in [4.78, 5) is 27.3. The molecular weight excluding hydrogens is 583 g/mol. The molecule has 9 nitrogen and oxygen atoms in total. The summed E-state index contributed by atoms with van der Waals surface area (Å²) in [6.07, 6.45) is -0.592. The van der Waals surface area contributed by atoms with E-state index in [0.29, 0.717) is 29.5 Å². The van der Waals surface area contributed by atoms with E-state index in [0.717, 1.165) is 28.3 Å². The molecule has 1 aliphatic heterocycles. The Morgan fingerprint density at radius 1 is 1.00 bits per heavy atom. The number of carbonyl (C=O) groups excluding carboxylic acids is 1. The molecule has 2 aromatic carbocycles. The molecule has 234 valence electrons. The predicted octanol–water partition coefficient (Wildman–Crippen LogP) is 7.34. The first-order chi connectivity index (χ1) is 21.3. The molecule has 3 aromatic heterocycles. The summed E-state index contributed by atoms with van der Waals surface area (Å²) in [5.41, 5.74) is 2.60. The molecule has 1 amide bonds. The smallest absolute Gasteiger partial charge is 0.434 e. The molecule has 0 aliphatic carbocycles. The van der Waals surface area contributed by atoms with Gasteiger partial charge in [0.1, 0.15) is 11.4 Å². The van der Waals surface area contributed by atoms with Crippen LogP contribution >= 0.6 is 0 Å². The van der Waals surface area contributed by atoms with Crippen molar-refractivity contribution >= 4 is 17.1 Å². The van der Waals surface area contributed by atoms with E-state index in [-0.39, 0.29) is 25.0 Å². The lowest BCUT2D eigenvalue weighted by molar-refractivity contribution is -0.141. The number of ether oxygens (including phenoxy) is 1. The standard InChI is InChI=1S/C33H34F3N7O2/c1-20(2)25-8-6-7-9-26(25)28-37-14-23-15-38-43(30(23)40-28)16-21-10-12-22(13-11-21)29-39-27(33(34,35)36)19-42(29)24-17-41(18-24)31(44)45-32(3,4)5/h6-15,19-20,24H,16-18H2,1-5H3. The fraction of sp³-hybridized carbons (Fsp3) is 0.364. The molecule has 4 heterocycles. The summed E-state index contributed by atoms with van der Waals surface area (Å²) in [7, 11) is 0. The van der Waals surface area contributed by atoms with Crippen molar-refractivity contribution in [1.29, 1.82) is 0 Å². The molecule has 0 atom stereocenters. The largest absolute Gasteiger partial charge is 0.444 e. The van der Waals surface area contributed by atoms with Crippen LogP contribution in [0.25, 0.3) is 33.8 Å². The van der Waals surface area contributed by atoms with Crippen LogP contribution in [0.3, 0.4) is 0 Å². The van der Waals surface area contributed by atoms with Crippen LogP contribution in [0.15, 0.2) is 67.1 Å². The second-order valence-corrected chi connectivity index (χ2v) is 12.6. The number of aromatic nitrogens is 6. The summed E-state index contributed by atoms with van der Waals surface area (Å²) < 4.78 is 49.8. The molecule has 0 radical (unpaired) electrons. The van der Waals surface area contributed by atoms with Crippen LogP contribution < -0.4 is 0 Å². The second-order valence-electron chi connectivity index (χ2n) is 12.6. The Kier molecular flexibility index (Phi) is 7.62. The summed E-state index contributed by atoms with van der Waals surface area (Å²) in [5, 5.41) is 5.33. The summed E-state index contributed by atoms with van der Waals surface area (Å²) in [6, 6.07) is 14.9. The fourth-order valence-electron chi connectivity index (χ4n) is 5.38. The van der Waals surface area contributed by atoms with E-state index in [9.17, 15) is 18.0 Å². The molecule has 0 spiro atoms. The number of nitrogens with zero attached hydrogens (tertiary/aromatic N) is 7. The highest BCUT2D eigenvalue weighted by Crippen LogP contribution is 2.35. The van der Waals surface area contributed by atoms with Crippen molar-refractivity contribution in [3.63, 3.8) is 0 Å². The van der Waals surface area contributed by atoms with Crippen molar-refractivity contribution < 1.29 is 22.7 Å². The Labute approximate surface area is 258 Å².